The number of methoxy groups -OCH3 is 2. The van der Waals surface area contributed by atoms with Crippen molar-refractivity contribution in [2.75, 3.05) is 53.7 Å². The third kappa shape index (κ3) is 10.3. The van der Waals surface area contributed by atoms with E-state index < -0.39 is 0 Å². The number of nitrogens with zero attached hydrogens (tertiary/aromatic N) is 1. The molecule has 1 saturated heterocycles. The zero-order valence-electron chi connectivity index (χ0n) is 22.7. The third-order valence-corrected chi connectivity index (χ3v) is 6.65. The number of aryl methyl sites for hydroxylation is 1. The van der Waals surface area contributed by atoms with Gasteiger partial charge in [-0.15, -0.1) is 0 Å². The molecule has 0 N–H and O–H groups in total. The summed E-state index contributed by atoms with van der Waals surface area (Å²) in [5, 5.41) is 0. The maximum absolute atomic E-state index is 11.7. The molecule has 0 aromatic heterocycles. The summed E-state index contributed by atoms with van der Waals surface area (Å²) in [5.41, 5.74) is 1.64. The molecule has 0 radical (unpaired) electrons. The molecule has 0 saturated carbocycles. The molecule has 8 heteroatoms. The van der Waals surface area contributed by atoms with Gasteiger partial charge in [0.15, 0.2) is 0 Å². The van der Waals surface area contributed by atoms with E-state index in [2.05, 4.69) is 11.0 Å². The number of morpholine rings is 1. The lowest BCUT2D eigenvalue weighted by Crippen LogP contribution is -2.37. The summed E-state index contributed by atoms with van der Waals surface area (Å²) >= 11 is 0. The first-order valence-corrected chi connectivity index (χ1v) is 13.5. The van der Waals surface area contributed by atoms with Crippen LogP contribution in [0.4, 0.5) is 0 Å². The van der Waals surface area contributed by atoms with Crippen LogP contribution < -0.4 is 9.47 Å². The van der Waals surface area contributed by atoms with Crippen LogP contribution in [-0.4, -0.2) is 76.6 Å². The molecule has 1 aliphatic rings. The number of carbonyl (C=O) groups is 2. The van der Waals surface area contributed by atoms with Gasteiger partial charge in [-0.1, -0.05) is 18.2 Å². The average Bonchev–Trinajstić information content (AvgIpc) is 2.97. The molecular weight excluding hydrogens is 486 g/mol. The largest absolute Gasteiger partial charge is 0.493 e. The number of esters is 2. The van der Waals surface area contributed by atoms with E-state index in [9.17, 15) is 9.59 Å². The fraction of sp³-hybridized carbons (Fsp3) is 0.533. The highest BCUT2D eigenvalue weighted by Gasteiger charge is 2.15. The zero-order chi connectivity index (χ0) is 27.0. The molecule has 8 nitrogen and oxygen atoms in total. The van der Waals surface area contributed by atoms with Crippen LogP contribution in [0.2, 0.25) is 0 Å². The molecule has 208 valence electrons. The van der Waals surface area contributed by atoms with Gasteiger partial charge in [0.25, 0.3) is 0 Å². The molecule has 1 atom stereocenters. The average molecular weight is 528 g/mol. The van der Waals surface area contributed by atoms with E-state index in [0.29, 0.717) is 24.3 Å². The molecule has 1 fully saturated rings. The second-order valence-corrected chi connectivity index (χ2v) is 9.38. The molecule has 38 heavy (non-hydrogen) atoms. The summed E-state index contributed by atoms with van der Waals surface area (Å²) in [6.07, 6.45) is 5.33. The van der Waals surface area contributed by atoms with Gasteiger partial charge in [-0.2, -0.15) is 0 Å². The fourth-order valence-corrected chi connectivity index (χ4v) is 4.45. The Labute approximate surface area is 226 Å². The number of carbonyl (C=O) groups excluding carboxylic acids is 2. The molecule has 2 aromatic rings. The van der Waals surface area contributed by atoms with Crippen molar-refractivity contribution in [2.45, 2.75) is 51.0 Å². The Hall–Kier alpha value is -3.10. The molecule has 1 heterocycles. The first-order valence-electron chi connectivity index (χ1n) is 13.5. The van der Waals surface area contributed by atoms with Gasteiger partial charge >= 0.3 is 11.9 Å². The maximum Gasteiger partial charge on any atom is 0.337 e. The highest BCUT2D eigenvalue weighted by atomic mass is 16.5. The minimum absolute atomic E-state index is 0.0500. The Morgan fingerprint density at radius 2 is 1.68 bits per heavy atom. The number of para-hydroxylation sites is 1. The molecule has 1 aliphatic heterocycles. The minimum Gasteiger partial charge on any atom is -0.493 e. The molecule has 0 aliphatic carbocycles. The van der Waals surface area contributed by atoms with Crippen molar-refractivity contribution in [1.29, 1.82) is 0 Å². The minimum atomic E-state index is -0.377. The summed E-state index contributed by atoms with van der Waals surface area (Å²) in [7, 11) is 2.77. The number of benzene rings is 2. The van der Waals surface area contributed by atoms with E-state index in [1.807, 2.05) is 18.2 Å². The molecule has 0 bridgehead atoms. The van der Waals surface area contributed by atoms with Crippen LogP contribution in [0.15, 0.2) is 48.5 Å². The monoisotopic (exact) mass is 527 g/mol. The smallest absolute Gasteiger partial charge is 0.337 e. The maximum atomic E-state index is 11.7. The van der Waals surface area contributed by atoms with Crippen molar-refractivity contribution in [3.05, 3.63) is 59.7 Å². The summed E-state index contributed by atoms with van der Waals surface area (Å²) in [6, 6.07) is 15.2. The van der Waals surface area contributed by atoms with Crippen molar-refractivity contribution in [3.63, 3.8) is 0 Å². The Bertz CT molecular complexity index is 973. The Balaban J connectivity index is 1.54. The highest BCUT2D eigenvalue weighted by Crippen LogP contribution is 2.24. The second-order valence-electron chi connectivity index (χ2n) is 9.38. The van der Waals surface area contributed by atoms with Crippen molar-refractivity contribution in [3.8, 4) is 11.5 Å². The number of ether oxygens (including phenoxy) is 5. The molecule has 3 rings (SSSR count). The van der Waals surface area contributed by atoms with Gasteiger partial charge < -0.3 is 23.7 Å². The normalized spacial score (nSPS) is 14.5. The molecule has 0 amide bonds. The standard InChI is InChI=1S/C30H41NO7/c1-34-29(32)11-6-4-9-26(38-27-16-13-25(14-17-27)30(33)35-2)15-12-24-8-3-5-10-28(24)37-21-7-18-31-19-22-36-23-20-31/h3,5,8,10,13-14,16-17,26H,4,6-7,9,11-12,15,18-23H2,1-2H3. The van der Waals surface area contributed by atoms with Gasteiger partial charge in [0.2, 0.25) is 0 Å². The van der Waals surface area contributed by atoms with Crippen LogP contribution in [0.3, 0.4) is 0 Å². The van der Waals surface area contributed by atoms with Gasteiger partial charge in [-0.05, 0) is 74.4 Å². The van der Waals surface area contributed by atoms with E-state index >= 15 is 0 Å². The van der Waals surface area contributed by atoms with E-state index in [-0.39, 0.29) is 18.0 Å². The second kappa shape index (κ2) is 16.7. The summed E-state index contributed by atoms with van der Waals surface area (Å²) in [5.74, 6) is 1.04. The number of rotatable bonds is 16. The van der Waals surface area contributed by atoms with Gasteiger partial charge in [0, 0.05) is 26.1 Å². The lowest BCUT2D eigenvalue weighted by molar-refractivity contribution is -0.140. The van der Waals surface area contributed by atoms with Gasteiger partial charge in [-0.25, -0.2) is 4.79 Å². The Morgan fingerprint density at radius 3 is 2.42 bits per heavy atom. The SMILES string of the molecule is COC(=O)CCCCC(CCc1ccccc1OCCCN1CCOCC1)Oc1ccc(C(=O)OC)cc1. The van der Waals surface area contributed by atoms with E-state index in [1.165, 1.54) is 14.2 Å². The van der Waals surface area contributed by atoms with Gasteiger partial charge in [0.1, 0.15) is 11.5 Å². The predicted molar refractivity (Wildman–Crippen MR) is 145 cm³/mol. The lowest BCUT2D eigenvalue weighted by Gasteiger charge is -2.26. The van der Waals surface area contributed by atoms with Crippen LogP contribution in [0.5, 0.6) is 11.5 Å². The summed E-state index contributed by atoms with van der Waals surface area (Å²) in [4.78, 5) is 25.7. The molecule has 1 unspecified atom stereocenters. The zero-order valence-corrected chi connectivity index (χ0v) is 22.7. The van der Waals surface area contributed by atoms with Crippen LogP contribution in [-0.2, 0) is 25.4 Å². The topological polar surface area (TPSA) is 83.5 Å². The van der Waals surface area contributed by atoms with Crippen LogP contribution >= 0.6 is 0 Å². The summed E-state index contributed by atoms with van der Waals surface area (Å²) in [6.45, 7) is 5.29. The Kier molecular flexibility index (Phi) is 12.9. The predicted octanol–water partition coefficient (Wildman–Crippen LogP) is 4.69. The van der Waals surface area contributed by atoms with Gasteiger partial charge in [0.05, 0.1) is 45.7 Å². The lowest BCUT2D eigenvalue weighted by atomic mass is 10.0. The summed E-state index contributed by atoms with van der Waals surface area (Å²) < 4.78 is 27.4. The number of hydrogen-bond donors (Lipinski definition) is 0. The molecule has 2 aromatic carbocycles. The van der Waals surface area contributed by atoms with Crippen LogP contribution in [0.25, 0.3) is 0 Å². The first kappa shape index (κ1) is 29.5. The van der Waals surface area contributed by atoms with E-state index in [0.717, 1.165) is 82.7 Å². The quantitative estimate of drug-likeness (QED) is 0.230. The van der Waals surface area contributed by atoms with E-state index in [1.54, 1.807) is 24.3 Å². The fourth-order valence-electron chi connectivity index (χ4n) is 4.45. The van der Waals surface area contributed by atoms with Crippen LogP contribution in [0, 0.1) is 0 Å². The molecular formula is C30H41NO7. The number of hydrogen-bond acceptors (Lipinski definition) is 8. The first-order chi connectivity index (χ1) is 18.6. The van der Waals surface area contributed by atoms with E-state index in [4.69, 9.17) is 23.7 Å². The third-order valence-electron chi connectivity index (χ3n) is 6.65. The van der Waals surface area contributed by atoms with Gasteiger partial charge in [-0.3, -0.25) is 9.69 Å². The molecule has 0 spiro atoms. The Morgan fingerprint density at radius 1 is 0.921 bits per heavy atom. The van der Waals surface area contributed by atoms with Crippen molar-refractivity contribution in [1.82, 2.24) is 4.90 Å². The van der Waals surface area contributed by atoms with Crippen molar-refractivity contribution >= 4 is 11.9 Å². The number of unbranched alkanes of at least 4 members (excludes halogenated alkanes) is 1. The van der Waals surface area contributed by atoms with Crippen LogP contribution in [0.1, 0.15) is 54.4 Å². The highest BCUT2D eigenvalue weighted by molar-refractivity contribution is 5.89. The van der Waals surface area contributed by atoms with Crippen molar-refractivity contribution < 1.29 is 33.3 Å². The van der Waals surface area contributed by atoms with Crippen molar-refractivity contribution in [2.24, 2.45) is 0 Å².